The van der Waals surface area contributed by atoms with Gasteiger partial charge < -0.3 is 5.32 Å². The van der Waals surface area contributed by atoms with Crippen molar-refractivity contribution >= 4 is 37.5 Å². The van der Waals surface area contributed by atoms with Crippen molar-refractivity contribution in [2.24, 2.45) is 0 Å². The Kier molecular flexibility index (Phi) is 3.43. The van der Waals surface area contributed by atoms with Crippen LogP contribution in [0.25, 0.3) is 10.2 Å². The molecule has 1 saturated heterocycles. The summed E-state index contributed by atoms with van der Waals surface area (Å²) in [5.74, 6) is 0. The number of piperidine rings is 1. The number of aromatic nitrogens is 1. The summed E-state index contributed by atoms with van der Waals surface area (Å²) in [6, 6.07) is 6.40. The molecule has 96 valence electrons. The number of benzene rings is 1. The molecule has 0 unspecified atom stereocenters. The Labute approximate surface area is 120 Å². The van der Waals surface area contributed by atoms with Gasteiger partial charge in [-0.1, -0.05) is 22.9 Å². The Balaban J connectivity index is 2.06. The Morgan fingerprint density at radius 3 is 2.89 bits per heavy atom. The Morgan fingerprint density at radius 2 is 2.17 bits per heavy atom. The fourth-order valence-corrected chi connectivity index (χ4v) is 4.36. The number of hydrogen-bond donors (Lipinski definition) is 1. The minimum atomic E-state index is 0.307. The highest BCUT2D eigenvalue weighted by Crippen LogP contribution is 2.40. The molecule has 1 aliphatic rings. The topological polar surface area (TPSA) is 24.9 Å². The van der Waals surface area contributed by atoms with E-state index in [1.165, 1.54) is 29.0 Å². The number of fused-ring (bicyclic) bond motifs is 1. The van der Waals surface area contributed by atoms with Crippen LogP contribution in [0.4, 0.5) is 0 Å². The van der Waals surface area contributed by atoms with Crippen LogP contribution in [0.2, 0.25) is 0 Å². The highest BCUT2D eigenvalue weighted by atomic mass is 79.9. The second kappa shape index (κ2) is 4.91. The van der Waals surface area contributed by atoms with Crippen molar-refractivity contribution in [1.82, 2.24) is 10.3 Å². The number of halogens is 1. The van der Waals surface area contributed by atoms with Gasteiger partial charge in [-0.15, -0.1) is 11.3 Å². The van der Waals surface area contributed by atoms with Gasteiger partial charge in [0, 0.05) is 9.89 Å². The number of thiazole rings is 1. The van der Waals surface area contributed by atoms with Gasteiger partial charge in [0.1, 0.15) is 5.01 Å². The summed E-state index contributed by atoms with van der Waals surface area (Å²) in [6.45, 7) is 4.54. The molecule has 18 heavy (non-hydrogen) atoms. The van der Waals surface area contributed by atoms with Crippen molar-refractivity contribution in [1.29, 1.82) is 0 Å². The van der Waals surface area contributed by atoms with Crippen molar-refractivity contribution in [2.75, 3.05) is 13.1 Å². The molecule has 1 aromatic carbocycles. The van der Waals surface area contributed by atoms with Crippen LogP contribution in [0.15, 0.2) is 22.7 Å². The quantitative estimate of drug-likeness (QED) is 0.899. The van der Waals surface area contributed by atoms with Gasteiger partial charge in [-0.3, -0.25) is 0 Å². The summed E-state index contributed by atoms with van der Waals surface area (Å²) in [4.78, 5) is 4.90. The van der Waals surface area contributed by atoms with Gasteiger partial charge in [-0.2, -0.15) is 0 Å². The Hall–Kier alpha value is -0.450. The SMILES string of the molecule is CCC1(c2nc3cc(Br)ccc3s2)CCNCC1. The molecule has 4 heteroatoms. The van der Waals surface area contributed by atoms with E-state index in [9.17, 15) is 0 Å². The van der Waals surface area contributed by atoms with Gasteiger partial charge in [0.15, 0.2) is 0 Å². The summed E-state index contributed by atoms with van der Waals surface area (Å²) < 4.78 is 2.42. The Morgan fingerprint density at radius 1 is 1.39 bits per heavy atom. The lowest BCUT2D eigenvalue weighted by Crippen LogP contribution is -2.39. The van der Waals surface area contributed by atoms with Crippen LogP contribution in [-0.4, -0.2) is 18.1 Å². The van der Waals surface area contributed by atoms with Gasteiger partial charge in [-0.25, -0.2) is 4.98 Å². The average Bonchev–Trinajstić information content (AvgIpc) is 2.83. The monoisotopic (exact) mass is 324 g/mol. The molecule has 0 radical (unpaired) electrons. The highest BCUT2D eigenvalue weighted by Gasteiger charge is 2.34. The van der Waals surface area contributed by atoms with Crippen LogP contribution in [0.5, 0.6) is 0 Å². The maximum absolute atomic E-state index is 4.90. The molecule has 2 nitrogen and oxygen atoms in total. The fraction of sp³-hybridized carbons (Fsp3) is 0.500. The van der Waals surface area contributed by atoms with Gasteiger partial charge in [0.2, 0.25) is 0 Å². The number of rotatable bonds is 2. The van der Waals surface area contributed by atoms with Crippen LogP contribution in [-0.2, 0) is 5.41 Å². The maximum Gasteiger partial charge on any atom is 0.100 e. The zero-order chi connectivity index (χ0) is 12.6. The van der Waals surface area contributed by atoms with E-state index < -0.39 is 0 Å². The average molecular weight is 325 g/mol. The third-order valence-electron chi connectivity index (χ3n) is 4.04. The van der Waals surface area contributed by atoms with E-state index in [0.717, 1.165) is 23.1 Å². The first kappa shape index (κ1) is 12.6. The first-order valence-electron chi connectivity index (χ1n) is 6.51. The second-order valence-corrected chi connectivity index (χ2v) is 6.96. The predicted octanol–water partition coefficient (Wildman–Crippen LogP) is 4.09. The number of hydrogen-bond acceptors (Lipinski definition) is 3. The van der Waals surface area contributed by atoms with Crippen LogP contribution in [0.1, 0.15) is 31.2 Å². The number of nitrogens with zero attached hydrogens (tertiary/aromatic N) is 1. The zero-order valence-corrected chi connectivity index (χ0v) is 12.9. The van der Waals surface area contributed by atoms with Crippen molar-refractivity contribution in [3.63, 3.8) is 0 Å². The van der Waals surface area contributed by atoms with Crippen LogP contribution < -0.4 is 5.32 Å². The number of nitrogens with one attached hydrogen (secondary N) is 1. The molecule has 0 bridgehead atoms. The lowest BCUT2D eigenvalue weighted by molar-refractivity contribution is 0.297. The fourth-order valence-electron chi connectivity index (χ4n) is 2.75. The van der Waals surface area contributed by atoms with Gasteiger partial charge in [0.25, 0.3) is 0 Å². The van der Waals surface area contributed by atoms with E-state index in [0.29, 0.717) is 5.41 Å². The van der Waals surface area contributed by atoms with Gasteiger partial charge in [0.05, 0.1) is 10.2 Å². The third kappa shape index (κ3) is 2.10. The summed E-state index contributed by atoms with van der Waals surface area (Å²) in [7, 11) is 0. The molecule has 0 spiro atoms. The summed E-state index contributed by atoms with van der Waals surface area (Å²) in [5, 5.41) is 4.79. The van der Waals surface area contributed by atoms with Crippen molar-refractivity contribution in [2.45, 2.75) is 31.6 Å². The van der Waals surface area contributed by atoms with Crippen LogP contribution in [0, 0.1) is 0 Å². The molecule has 2 heterocycles. The molecule has 1 N–H and O–H groups in total. The molecule has 2 aromatic rings. The predicted molar refractivity (Wildman–Crippen MR) is 81.4 cm³/mol. The second-order valence-electron chi connectivity index (χ2n) is 5.01. The highest BCUT2D eigenvalue weighted by molar-refractivity contribution is 9.10. The van der Waals surface area contributed by atoms with Gasteiger partial charge >= 0.3 is 0 Å². The molecule has 0 aliphatic carbocycles. The normalized spacial score (nSPS) is 19.2. The first-order chi connectivity index (χ1) is 8.73. The van der Waals surface area contributed by atoms with Crippen LogP contribution in [0.3, 0.4) is 0 Å². The molecule has 1 fully saturated rings. The van der Waals surface area contributed by atoms with E-state index in [2.05, 4.69) is 46.4 Å². The molecule has 0 saturated carbocycles. The lowest BCUT2D eigenvalue weighted by atomic mass is 9.77. The summed E-state index contributed by atoms with van der Waals surface area (Å²) >= 11 is 5.40. The molecular formula is C14H17BrN2S. The minimum Gasteiger partial charge on any atom is -0.317 e. The molecule has 0 amide bonds. The minimum absolute atomic E-state index is 0.307. The molecular weight excluding hydrogens is 308 g/mol. The Bertz CT molecular complexity index is 558. The zero-order valence-electron chi connectivity index (χ0n) is 10.5. The van der Waals surface area contributed by atoms with E-state index in [4.69, 9.17) is 4.98 Å². The largest absolute Gasteiger partial charge is 0.317 e. The molecule has 1 aliphatic heterocycles. The van der Waals surface area contributed by atoms with Crippen molar-refractivity contribution in [3.05, 3.63) is 27.7 Å². The standard InChI is InChI=1S/C14H17BrN2S/c1-2-14(5-7-16-8-6-14)13-17-11-9-10(15)3-4-12(11)18-13/h3-4,9,16H,2,5-8H2,1H3. The smallest absolute Gasteiger partial charge is 0.100 e. The summed E-state index contributed by atoms with van der Waals surface area (Å²) in [6.07, 6.45) is 3.62. The van der Waals surface area contributed by atoms with E-state index in [1.807, 2.05) is 11.3 Å². The van der Waals surface area contributed by atoms with Crippen molar-refractivity contribution < 1.29 is 0 Å². The third-order valence-corrected chi connectivity index (χ3v) is 5.82. The van der Waals surface area contributed by atoms with E-state index >= 15 is 0 Å². The molecule has 3 rings (SSSR count). The van der Waals surface area contributed by atoms with Crippen LogP contribution >= 0.6 is 27.3 Å². The van der Waals surface area contributed by atoms with E-state index in [-0.39, 0.29) is 0 Å². The maximum atomic E-state index is 4.90. The molecule has 1 aromatic heterocycles. The first-order valence-corrected chi connectivity index (χ1v) is 8.12. The van der Waals surface area contributed by atoms with Gasteiger partial charge in [-0.05, 0) is 50.6 Å². The van der Waals surface area contributed by atoms with Crippen molar-refractivity contribution in [3.8, 4) is 0 Å². The van der Waals surface area contributed by atoms with E-state index in [1.54, 1.807) is 0 Å². The summed E-state index contributed by atoms with van der Waals surface area (Å²) in [5.41, 5.74) is 1.44. The molecule has 0 atom stereocenters. The lowest BCUT2D eigenvalue weighted by Gasteiger charge is -2.34.